The Bertz CT molecular complexity index is 756. The van der Waals surface area contributed by atoms with E-state index in [9.17, 15) is 23.5 Å². The third-order valence-corrected chi connectivity index (χ3v) is 6.88. The molecule has 0 spiro atoms. The smallest absolute Gasteiger partial charge is 0.312 e. The van der Waals surface area contributed by atoms with Gasteiger partial charge in [-0.2, -0.15) is 8.78 Å². The summed E-state index contributed by atoms with van der Waals surface area (Å²) in [5.41, 5.74) is -0.972. The van der Waals surface area contributed by atoms with Crippen LogP contribution < -0.4 is 5.32 Å². The van der Waals surface area contributed by atoms with Crippen molar-refractivity contribution in [3.05, 3.63) is 24.3 Å². The minimum absolute atomic E-state index is 0.359. The molecule has 4 saturated carbocycles. The molecule has 8 heteroatoms. The number of aliphatic hydroxyl groups is 1. The third-order valence-electron chi connectivity index (χ3n) is 6.16. The fourth-order valence-electron chi connectivity index (χ4n) is 5.65. The Morgan fingerprint density at radius 3 is 2.39 bits per heavy atom. The van der Waals surface area contributed by atoms with Crippen LogP contribution in [0.1, 0.15) is 38.5 Å². The zero-order valence-corrected chi connectivity index (χ0v) is 16.1. The summed E-state index contributed by atoms with van der Waals surface area (Å²) in [6, 6.07) is 6.04. The van der Waals surface area contributed by atoms with Crippen molar-refractivity contribution in [1.82, 2.24) is 0 Å². The van der Waals surface area contributed by atoms with E-state index in [1.165, 1.54) is 24.3 Å². The van der Waals surface area contributed by atoms with Crippen LogP contribution in [0.2, 0.25) is 0 Å². The molecule has 1 aromatic carbocycles. The molecule has 0 radical (unpaired) electrons. The molecule has 0 saturated heterocycles. The second kappa shape index (κ2) is 7.30. The monoisotopic (exact) mass is 411 g/mol. The molecule has 152 valence electrons. The van der Waals surface area contributed by atoms with Crippen LogP contribution in [0.4, 0.5) is 14.5 Å². The number of anilines is 1. The first-order valence-electron chi connectivity index (χ1n) is 9.50. The van der Waals surface area contributed by atoms with Gasteiger partial charge in [0, 0.05) is 10.6 Å². The predicted octanol–water partition coefficient (Wildman–Crippen LogP) is 3.81. The Morgan fingerprint density at radius 2 is 1.82 bits per heavy atom. The fraction of sp³-hybridized carbons (Fsp3) is 0.600. The number of benzene rings is 1. The number of rotatable bonds is 6. The highest BCUT2D eigenvalue weighted by molar-refractivity contribution is 7.99. The van der Waals surface area contributed by atoms with E-state index in [0.29, 0.717) is 40.6 Å². The average molecular weight is 411 g/mol. The van der Waals surface area contributed by atoms with Gasteiger partial charge in [-0.15, -0.1) is 0 Å². The number of hydrogen-bond donors (Lipinski definition) is 2. The van der Waals surface area contributed by atoms with E-state index in [1.807, 2.05) is 0 Å². The van der Waals surface area contributed by atoms with Crippen molar-refractivity contribution in [2.45, 2.75) is 54.8 Å². The van der Waals surface area contributed by atoms with Crippen LogP contribution in [0.5, 0.6) is 0 Å². The van der Waals surface area contributed by atoms with Crippen molar-refractivity contribution in [2.24, 2.45) is 17.3 Å². The van der Waals surface area contributed by atoms with Gasteiger partial charge in [-0.25, -0.2) is 0 Å². The highest BCUT2D eigenvalue weighted by Crippen LogP contribution is 2.61. The molecule has 2 atom stereocenters. The summed E-state index contributed by atoms with van der Waals surface area (Å²) in [6.07, 6.45) is 4.48. The van der Waals surface area contributed by atoms with Crippen LogP contribution >= 0.6 is 11.8 Å². The van der Waals surface area contributed by atoms with Crippen LogP contribution in [0, 0.1) is 17.3 Å². The van der Waals surface area contributed by atoms with E-state index >= 15 is 0 Å². The standard InChI is InChI=1S/C20H23F2NO4S/c21-18(22)28-15-3-1-14(2-4-15)23-16(24)10-27-17(25)19-6-12-5-13(7-19)9-20(26,8-12)11-19/h1-4,12-13,18,26H,5-11H2,(H,23,24). The van der Waals surface area contributed by atoms with Gasteiger partial charge in [-0.1, -0.05) is 11.8 Å². The van der Waals surface area contributed by atoms with Crippen molar-refractivity contribution in [3.63, 3.8) is 0 Å². The first-order valence-corrected chi connectivity index (χ1v) is 10.4. The first-order chi connectivity index (χ1) is 13.3. The molecule has 2 N–H and O–H groups in total. The molecule has 1 amide bonds. The lowest BCUT2D eigenvalue weighted by atomic mass is 9.48. The third kappa shape index (κ3) is 4.03. The van der Waals surface area contributed by atoms with Crippen LogP contribution in [0.3, 0.4) is 0 Å². The van der Waals surface area contributed by atoms with Crippen LogP contribution in [-0.4, -0.2) is 34.9 Å². The van der Waals surface area contributed by atoms with Crippen molar-refractivity contribution in [3.8, 4) is 0 Å². The highest BCUT2D eigenvalue weighted by atomic mass is 32.2. The summed E-state index contributed by atoms with van der Waals surface area (Å²) < 4.78 is 30.0. The lowest BCUT2D eigenvalue weighted by molar-refractivity contribution is -0.196. The molecule has 5 nitrogen and oxygen atoms in total. The molecule has 0 aromatic heterocycles. The van der Waals surface area contributed by atoms with Crippen LogP contribution in [0.25, 0.3) is 0 Å². The quantitative estimate of drug-likeness (QED) is 0.550. The maximum atomic E-state index is 12.8. The number of ether oxygens (including phenoxy) is 1. The molecule has 4 fully saturated rings. The zero-order chi connectivity index (χ0) is 19.9. The van der Waals surface area contributed by atoms with Gasteiger partial charge < -0.3 is 15.2 Å². The summed E-state index contributed by atoms with van der Waals surface area (Å²) in [7, 11) is 0. The van der Waals surface area contributed by atoms with E-state index in [0.717, 1.165) is 32.1 Å². The Hall–Kier alpha value is -1.67. The number of alkyl halides is 2. The van der Waals surface area contributed by atoms with Crippen molar-refractivity contribution >= 4 is 29.3 Å². The SMILES string of the molecule is O=C(COC(=O)C12CC3CC(CC(O)(C3)C1)C2)Nc1ccc(SC(F)F)cc1. The topological polar surface area (TPSA) is 75.6 Å². The van der Waals surface area contributed by atoms with Gasteiger partial charge in [0.05, 0.1) is 11.0 Å². The largest absolute Gasteiger partial charge is 0.455 e. The van der Waals surface area contributed by atoms with Gasteiger partial charge in [-0.05, 0) is 74.6 Å². The van der Waals surface area contributed by atoms with Gasteiger partial charge in [0.25, 0.3) is 11.7 Å². The van der Waals surface area contributed by atoms with E-state index in [1.54, 1.807) is 0 Å². The molecular formula is C20H23F2NO4S. The van der Waals surface area contributed by atoms with Gasteiger partial charge in [0.1, 0.15) is 0 Å². The van der Waals surface area contributed by atoms with Crippen molar-refractivity contribution < 1.29 is 28.2 Å². The van der Waals surface area contributed by atoms with E-state index < -0.39 is 29.3 Å². The molecular weight excluding hydrogens is 388 g/mol. The van der Waals surface area contributed by atoms with Gasteiger partial charge >= 0.3 is 5.97 Å². The van der Waals surface area contributed by atoms with Crippen molar-refractivity contribution in [1.29, 1.82) is 0 Å². The van der Waals surface area contributed by atoms with Crippen LogP contribution in [-0.2, 0) is 14.3 Å². The highest BCUT2D eigenvalue weighted by Gasteiger charge is 2.60. The number of halogens is 2. The van der Waals surface area contributed by atoms with Gasteiger partial charge in [0.2, 0.25) is 0 Å². The Balaban J connectivity index is 1.31. The summed E-state index contributed by atoms with van der Waals surface area (Å²) >= 11 is 0.431. The summed E-state index contributed by atoms with van der Waals surface area (Å²) in [4.78, 5) is 25.3. The summed E-state index contributed by atoms with van der Waals surface area (Å²) in [5, 5.41) is 13.3. The van der Waals surface area contributed by atoms with E-state index in [2.05, 4.69) is 5.32 Å². The minimum Gasteiger partial charge on any atom is -0.455 e. The number of hydrogen-bond acceptors (Lipinski definition) is 5. The number of amides is 1. The summed E-state index contributed by atoms with van der Waals surface area (Å²) in [6.45, 7) is -0.401. The van der Waals surface area contributed by atoms with E-state index in [-0.39, 0.29) is 5.97 Å². The average Bonchev–Trinajstić information content (AvgIpc) is 2.59. The maximum Gasteiger partial charge on any atom is 0.312 e. The molecule has 4 bridgehead atoms. The number of carbonyl (C=O) groups is 2. The molecule has 28 heavy (non-hydrogen) atoms. The molecule has 0 aliphatic heterocycles. The normalized spacial score (nSPS) is 33.1. The maximum absolute atomic E-state index is 12.8. The fourth-order valence-corrected chi connectivity index (χ4v) is 6.15. The van der Waals surface area contributed by atoms with Crippen molar-refractivity contribution in [2.75, 3.05) is 11.9 Å². The molecule has 5 rings (SSSR count). The molecule has 2 unspecified atom stereocenters. The first kappa shape index (κ1) is 19.6. The Labute approximate surface area is 166 Å². The predicted molar refractivity (Wildman–Crippen MR) is 100.0 cm³/mol. The number of carbonyl (C=O) groups excluding carboxylic acids is 2. The summed E-state index contributed by atoms with van der Waals surface area (Å²) in [5.74, 6) is -2.65. The Kier molecular flexibility index (Phi) is 5.12. The van der Waals surface area contributed by atoms with E-state index in [4.69, 9.17) is 4.74 Å². The second-order valence-corrected chi connectivity index (χ2v) is 9.56. The minimum atomic E-state index is -2.50. The number of esters is 1. The number of nitrogens with one attached hydrogen (secondary N) is 1. The molecule has 4 aliphatic carbocycles. The Morgan fingerprint density at radius 1 is 1.18 bits per heavy atom. The zero-order valence-electron chi connectivity index (χ0n) is 15.3. The second-order valence-electron chi connectivity index (χ2n) is 8.49. The lowest BCUT2D eigenvalue weighted by Gasteiger charge is -2.58. The number of thioether (sulfide) groups is 1. The van der Waals surface area contributed by atoms with Crippen LogP contribution in [0.15, 0.2) is 29.2 Å². The lowest BCUT2D eigenvalue weighted by Crippen LogP contribution is -2.58. The molecule has 1 aromatic rings. The molecule has 0 heterocycles. The van der Waals surface area contributed by atoms with Gasteiger partial charge in [-0.3, -0.25) is 9.59 Å². The molecule has 4 aliphatic rings. The van der Waals surface area contributed by atoms with Gasteiger partial charge in [0.15, 0.2) is 6.61 Å².